The normalized spacial score (nSPS) is 10.2. The molecular weight excluding hydrogens is 238 g/mol. The van der Waals surface area contributed by atoms with E-state index >= 15 is 0 Å². The van der Waals surface area contributed by atoms with Gasteiger partial charge in [-0.05, 0) is 31.2 Å². The lowest BCUT2D eigenvalue weighted by atomic mass is 10.1. The monoisotopic (exact) mass is 255 g/mol. The van der Waals surface area contributed by atoms with E-state index in [1.807, 2.05) is 37.3 Å². The van der Waals surface area contributed by atoms with Crippen molar-refractivity contribution in [3.05, 3.63) is 59.9 Å². The molecule has 0 radical (unpaired) electrons. The van der Waals surface area contributed by atoms with Crippen molar-refractivity contribution in [1.29, 1.82) is 0 Å². The first-order chi connectivity index (χ1) is 9.22. The maximum atomic E-state index is 12.4. The van der Waals surface area contributed by atoms with Gasteiger partial charge in [-0.2, -0.15) is 0 Å². The summed E-state index contributed by atoms with van der Waals surface area (Å²) in [6.45, 7) is 3.05. The maximum Gasteiger partial charge on any atom is 0.256 e. The largest absolute Gasteiger partial charge is 0.398 e. The van der Waals surface area contributed by atoms with Crippen LogP contribution in [0.15, 0.2) is 48.7 Å². The molecule has 0 aliphatic carbocycles. The molecule has 0 unspecified atom stereocenters. The topological polar surface area (TPSA) is 59.2 Å². The standard InChI is InChI=1S/C15H17N3O/c1-2-18(11-12-7-5-6-10-17-12)15(19)13-8-3-4-9-14(13)16/h3-10H,2,11,16H2,1H3. The number of nitrogen functional groups attached to an aromatic ring is 1. The summed E-state index contributed by atoms with van der Waals surface area (Å²) in [5.74, 6) is -0.0637. The number of nitrogens with two attached hydrogens (primary N) is 1. The highest BCUT2D eigenvalue weighted by Gasteiger charge is 2.16. The first-order valence-electron chi connectivity index (χ1n) is 6.26. The number of benzene rings is 1. The van der Waals surface area contributed by atoms with E-state index in [-0.39, 0.29) is 5.91 Å². The molecule has 0 fully saturated rings. The Labute approximate surface area is 112 Å². The zero-order valence-corrected chi connectivity index (χ0v) is 10.9. The second kappa shape index (κ2) is 6.00. The summed E-state index contributed by atoms with van der Waals surface area (Å²) in [5, 5.41) is 0. The lowest BCUT2D eigenvalue weighted by molar-refractivity contribution is 0.0751. The number of hydrogen-bond donors (Lipinski definition) is 1. The predicted molar refractivity (Wildman–Crippen MR) is 75.5 cm³/mol. The molecule has 2 aromatic rings. The molecule has 19 heavy (non-hydrogen) atoms. The van der Waals surface area contributed by atoms with Gasteiger partial charge < -0.3 is 10.6 Å². The van der Waals surface area contributed by atoms with Gasteiger partial charge in [0.15, 0.2) is 0 Å². The van der Waals surface area contributed by atoms with E-state index in [1.54, 1.807) is 23.2 Å². The molecule has 0 spiro atoms. The summed E-state index contributed by atoms with van der Waals surface area (Å²) in [6, 6.07) is 12.8. The van der Waals surface area contributed by atoms with Gasteiger partial charge in [0.25, 0.3) is 5.91 Å². The fourth-order valence-electron chi connectivity index (χ4n) is 1.88. The van der Waals surface area contributed by atoms with Gasteiger partial charge in [-0.1, -0.05) is 18.2 Å². The average molecular weight is 255 g/mol. The van der Waals surface area contributed by atoms with Crippen LogP contribution in [0.1, 0.15) is 23.0 Å². The van der Waals surface area contributed by atoms with E-state index < -0.39 is 0 Å². The Morgan fingerprint density at radius 3 is 2.58 bits per heavy atom. The zero-order valence-electron chi connectivity index (χ0n) is 10.9. The van der Waals surface area contributed by atoms with E-state index in [0.29, 0.717) is 24.3 Å². The fourth-order valence-corrected chi connectivity index (χ4v) is 1.88. The van der Waals surface area contributed by atoms with Crippen molar-refractivity contribution in [1.82, 2.24) is 9.88 Å². The molecule has 4 nitrogen and oxygen atoms in total. The maximum absolute atomic E-state index is 12.4. The van der Waals surface area contributed by atoms with Crippen molar-refractivity contribution in [2.24, 2.45) is 0 Å². The van der Waals surface area contributed by atoms with Crippen LogP contribution in [0.2, 0.25) is 0 Å². The van der Waals surface area contributed by atoms with Gasteiger partial charge in [-0.25, -0.2) is 0 Å². The first-order valence-corrected chi connectivity index (χ1v) is 6.26. The molecular formula is C15H17N3O. The lowest BCUT2D eigenvalue weighted by Gasteiger charge is -2.21. The third kappa shape index (κ3) is 3.10. The highest BCUT2D eigenvalue weighted by Crippen LogP contribution is 2.14. The Bertz CT molecular complexity index is 554. The number of carbonyl (C=O) groups excluding carboxylic acids is 1. The Kier molecular flexibility index (Phi) is 4.13. The molecule has 2 N–H and O–H groups in total. The van der Waals surface area contributed by atoms with E-state index in [0.717, 1.165) is 5.69 Å². The smallest absolute Gasteiger partial charge is 0.256 e. The molecule has 1 heterocycles. The van der Waals surface area contributed by atoms with E-state index in [2.05, 4.69) is 4.98 Å². The molecule has 0 aliphatic rings. The number of nitrogens with zero attached hydrogens (tertiary/aromatic N) is 2. The minimum absolute atomic E-state index is 0.0637. The summed E-state index contributed by atoms with van der Waals surface area (Å²) >= 11 is 0. The van der Waals surface area contributed by atoms with Crippen LogP contribution in [0.25, 0.3) is 0 Å². The van der Waals surface area contributed by atoms with Crippen molar-refractivity contribution in [2.75, 3.05) is 12.3 Å². The summed E-state index contributed by atoms with van der Waals surface area (Å²) in [6.07, 6.45) is 1.73. The fraction of sp³-hybridized carbons (Fsp3) is 0.200. The molecule has 0 aliphatic heterocycles. The molecule has 1 aromatic carbocycles. The van der Waals surface area contributed by atoms with Gasteiger partial charge >= 0.3 is 0 Å². The Balaban J connectivity index is 2.18. The number of carbonyl (C=O) groups is 1. The van der Waals surface area contributed by atoms with Gasteiger partial charge in [-0.15, -0.1) is 0 Å². The van der Waals surface area contributed by atoms with Crippen molar-refractivity contribution in [3.63, 3.8) is 0 Å². The molecule has 0 atom stereocenters. The van der Waals surface area contributed by atoms with E-state index in [4.69, 9.17) is 5.73 Å². The van der Waals surface area contributed by atoms with Gasteiger partial charge in [-0.3, -0.25) is 9.78 Å². The Morgan fingerprint density at radius 2 is 1.95 bits per heavy atom. The first kappa shape index (κ1) is 13.1. The molecule has 0 bridgehead atoms. The third-order valence-corrected chi connectivity index (χ3v) is 2.94. The van der Waals surface area contributed by atoms with Gasteiger partial charge in [0.1, 0.15) is 0 Å². The number of amides is 1. The highest BCUT2D eigenvalue weighted by molar-refractivity contribution is 5.99. The number of hydrogen-bond acceptors (Lipinski definition) is 3. The van der Waals surface area contributed by atoms with E-state index in [1.165, 1.54) is 0 Å². The van der Waals surface area contributed by atoms with Crippen molar-refractivity contribution >= 4 is 11.6 Å². The highest BCUT2D eigenvalue weighted by atomic mass is 16.2. The summed E-state index contributed by atoms with van der Waals surface area (Å²) < 4.78 is 0. The SMILES string of the molecule is CCN(Cc1ccccn1)C(=O)c1ccccc1N. The molecule has 0 saturated heterocycles. The van der Waals surface area contributed by atoms with Crippen LogP contribution in [0.4, 0.5) is 5.69 Å². The quantitative estimate of drug-likeness (QED) is 0.853. The third-order valence-electron chi connectivity index (χ3n) is 2.94. The van der Waals surface area contributed by atoms with Gasteiger partial charge in [0, 0.05) is 18.4 Å². The predicted octanol–water partition coefficient (Wildman–Crippen LogP) is 2.33. The van der Waals surface area contributed by atoms with Gasteiger partial charge in [0.05, 0.1) is 17.8 Å². The summed E-state index contributed by atoms with van der Waals surface area (Å²) in [7, 11) is 0. The Hall–Kier alpha value is -2.36. The van der Waals surface area contributed by atoms with E-state index in [9.17, 15) is 4.79 Å². The molecule has 98 valence electrons. The van der Waals surface area contributed by atoms with Crippen LogP contribution in [-0.2, 0) is 6.54 Å². The zero-order chi connectivity index (χ0) is 13.7. The molecule has 2 rings (SSSR count). The summed E-state index contributed by atoms with van der Waals surface area (Å²) in [5.41, 5.74) is 7.76. The second-order valence-electron chi connectivity index (χ2n) is 4.23. The van der Waals surface area contributed by atoms with Crippen LogP contribution < -0.4 is 5.73 Å². The van der Waals surface area contributed by atoms with Gasteiger partial charge in [0.2, 0.25) is 0 Å². The molecule has 0 saturated carbocycles. The van der Waals surface area contributed by atoms with Crippen LogP contribution in [-0.4, -0.2) is 22.3 Å². The van der Waals surface area contributed by atoms with Crippen molar-refractivity contribution in [3.8, 4) is 0 Å². The van der Waals surface area contributed by atoms with Crippen LogP contribution in [0.5, 0.6) is 0 Å². The molecule has 1 amide bonds. The van der Waals surface area contributed by atoms with Crippen LogP contribution in [0, 0.1) is 0 Å². The Morgan fingerprint density at radius 1 is 1.21 bits per heavy atom. The molecule has 4 heteroatoms. The van der Waals surface area contributed by atoms with Crippen molar-refractivity contribution in [2.45, 2.75) is 13.5 Å². The minimum atomic E-state index is -0.0637. The second-order valence-corrected chi connectivity index (χ2v) is 4.23. The minimum Gasteiger partial charge on any atom is -0.398 e. The number of anilines is 1. The molecule has 1 aromatic heterocycles. The lowest BCUT2D eigenvalue weighted by Crippen LogP contribution is -2.31. The number of rotatable bonds is 4. The number of pyridine rings is 1. The van der Waals surface area contributed by atoms with Crippen LogP contribution in [0.3, 0.4) is 0 Å². The van der Waals surface area contributed by atoms with Crippen molar-refractivity contribution < 1.29 is 4.79 Å². The summed E-state index contributed by atoms with van der Waals surface area (Å²) in [4.78, 5) is 18.4. The average Bonchev–Trinajstić information content (AvgIpc) is 2.46. The van der Waals surface area contributed by atoms with Crippen LogP contribution >= 0.6 is 0 Å². The number of aromatic nitrogens is 1. The number of para-hydroxylation sites is 1.